The quantitative estimate of drug-likeness (QED) is 0.751. The molecule has 0 atom stereocenters. The summed E-state index contributed by atoms with van der Waals surface area (Å²) in [5, 5.41) is 0.996. The van der Waals surface area contributed by atoms with Crippen molar-refractivity contribution in [2.75, 3.05) is 46.2 Å². The molecule has 0 bridgehead atoms. The number of H-pyrrole nitrogens is 1. The van der Waals surface area contributed by atoms with Crippen molar-refractivity contribution in [2.45, 2.75) is 38.2 Å². The molecule has 1 saturated carbocycles. The van der Waals surface area contributed by atoms with Crippen LogP contribution in [0.15, 0.2) is 18.2 Å². The number of benzene rings is 1. The monoisotopic (exact) mass is 373 g/mol. The average molecular weight is 373 g/mol. The van der Waals surface area contributed by atoms with Crippen molar-refractivity contribution in [3.05, 3.63) is 23.9 Å². The minimum Gasteiger partial charge on any atom is -0.490 e. The number of hydrogen-bond donors (Lipinski definition) is 1. The zero-order chi connectivity index (χ0) is 19.4. The molecule has 1 aromatic heterocycles. The summed E-state index contributed by atoms with van der Waals surface area (Å²) in [6, 6.07) is 5.92. The fraction of sp³-hybridized carbons (Fsp3) is 0.571. The molecule has 0 amide bonds. The Labute approximate surface area is 161 Å². The SMILES string of the molecule is CN(C)CCOC(=O)c1cc2c(N(C)C)cc(OC3CCCCC3)cc2[nH]1. The second-order valence-corrected chi connectivity index (χ2v) is 7.80. The largest absolute Gasteiger partial charge is 0.490 e. The van der Waals surface area contributed by atoms with Crippen LogP contribution < -0.4 is 9.64 Å². The molecule has 0 aliphatic heterocycles. The van der Waals surface area contributed by atoms with Gasteiger partial charge in [0.1, 0.15) is 18.1 Å². The number of nitrogens with one attached hydrogen (secondary N) is 1. The van der Waals surface area contributed by atoms with Gasteiger partial charge >= 0.3 is 5.97 Å². The van der Waals surface area contributed by atoms with Gasteiger partial charge in [0, 0.05) is 43.8 Å². The van der Waals surface area contributed by atoms with Crippen molar-refractivity contribution in [3.8, 4) is 5.75 Å². The average Bonchev–Trinajstić information content (AvgIpc) is 3.05. The predicted octanol–water partition coefficient (Wildman–Crippen LogP) is 3.66. The zero-order valence-corrected chi connectivity index (χ0v) is 16.9. The van der Waals surface area contributed by atoms with E-state index in [9.17, 15) is 4.79 Å². The molecule has 1 N–H and O–H groups in total. The van der Waals surface area contributed by atoms with Crippen LogP contribution in [-0.2, 0) is 4.74 Å². The van der Waals surface area contributed by atoms with Crippen LogP contribution in [0.2, 0.25) is 0 Å². The normalized spacial score (nSPS) is 15.3. The highest BCUT2D eigenvalue weighted by Gasteiger charge is 2.18. The lowest BCUT2D eigenvalue weighted by molar-refractivity contribution is 0.0476. The molecule has 0 saturated heterocycles. The molecular formula is C21H31N3O3. The Hall–Kier alpha value is -2.21. The summed E-state index contributed by atoms with van der Waals surface area (Å²) in [4.78, 5) is 19.6. The maximum atomic E-state index is 12.4. The van der Waals surface area contributed by atoms with E-state index in [1.54, 1.807) is 0 Å². The standard InChI is InChI=1S/C21H31N3O3/c1-23(2)10-11-26-21(25)19-14-17-18(22-19)12-16(13-20(17)24(3)4)27-15-8-6-5-7-9-15/h12-15,22H,5-11H2,1-4H3. The first kappa shape index (κ1) is 19.5. The fourth-order valence-corrected chi connectivity index (χ4v) is 3.51. The van der Waals surface area contributed by atoms with Crippen molar-refractivity contribution in [1.82, 2.24) is 9.88 Å². The number of rotatable bonds is 7. The molecule has 1 aliphatic carbocycles. The van der Waals surface area contributed by atoms with Gasteiger partial charge in [0.2, 0.25) is 0 Å². The number of carbonyl (C=O) groups excluding carboxylic acids is 1. The lowest BCUT2D eigenvalue weighted by atomic mass is 9.98. The van der Waals surface area contributed by atoms with Crippen LogP contribution in [0.1, 0.15) is 42.6 Å². The van der Waals surface area contributed by atoms with E-state index in [1.807, 2.05) is 50.1 Å². The number of carbonyl (C=O) groups is 1. The summed E-state index contributed by atoms with van der Waals surface area (Å²) in [7, 11) is 7.91. The number of esters is 1. The third kappa shape index (κ3) is 4.95. The number of likely N-dealkylation sites (N-methyl/N-ethyl adjacent to an activating group) is 1. The van der Waals surface area contributed by atoms with Gasteiger partial charge in [-0.2, -0.15) is 0 Å². The molecule has 0 radical (unpaired) electrons. The van der Waals surface area contributed by atoms with Gasteiger partial charge in [-0.3, -0.25) is 0 Å². The molecule has 1 aromatic carbocycles. The van der Waals surface area contributed by atoms with Crippen molar-refractivity contribution >= 4 is 22.6 Å². The Bertz CT molecular complexity index is 776. The van der Waals surface area contributed by atoms with E-state index < -0.39 is 0 Å². The van der Waals surface area contributed by atoms with E-state index in [2.05, 4.69) is 11.1 Å². The Balaban J connectivity index is 1.82. The highest BCUT2D eigenvalue weighted by atomic mass is 16.5. The lowest BCUT2D eigenvalue weighted by Gasteiger charge is -2.24. The Morgan fingerprint density at radius 1 is 1.11 bits per heavy atom. The third-order valence-corrected chi connectivity index (χ3v) is 5.02. The minimum atomic E-state index is -0.326. The molecule has 1 heterocycles. The van der Waals surface area contributed by atoms with Gasteiger partial charge in [-0.05, 0) is 45.8 Å². The topological polar surface area (TPSA) is 57.8 Å². The van der Waals surface area contributed by atoms with Crippen LogP contribution in [0.4, 0.5) is 5.69 Å². The van der Waals surface area contributed by atoms with Crippen molar-refractivity contribution in [2.24, 2.45) is 0 Å². The van der Waals surface area contributed by atoms with E-state index in [-0.39, 0.29) is 12.1 Å². The zero-order valence-electron chi connectivity index (χ0n) is 16.9. The molecular weight excluding hydrogens is 342 g/mol. The lowest BCUT2D eigenvalue weighted by Crippen LogP contribution is -2.20. The molecule has 0 unspecified atom stereocenters. The van der Waals surface area contributed by atoms with Crippen molar-refractivity contribution in [3.63, 3.8) is 0 Å². The molecule has 6 heteroatoms. The molecule has 3 rings (SSSR count). The number of aromatic amines is 1. The fourth-order valence-electron chi connectivity index (χ4n) is 3.51. The van der Waals surface area contributed by atoms with E-state index in [1.165, 1.54) is 19.3 Å². The summed E-state index contributed by atoms with van der Waals surface area (Å²) >= 11 is 0. The maximum absolute atomic E-state index is 12.4. The number of aromatic nitrogens is 1. The minimum absolute atomic E-state index is 0.289. The molecule has 1 aliphatic rings. The second-order valence-electron chi connectivity index (χ2n) is 7.80. The van der Waals surface area contributed by atoms with E-state index in [4.69, 9.17) is 9.47 Å². The first-order valence-corrected chi connectivity index (χ1v) is 9.76. The van der Waals surface area contributed by atoms with Gasteiger partial charge in [0.25, 0.3) is 0 Å². The highest BCUT2D eigenvalue weighted by Crippen LogP contribution is 2.33. The van der Waals surface area contributed by atoms with Crippen LogP contribution in [0, 0.1) is 0 Å². The summed E-state index contributed by atoms with van der Waals surface area (Å²) in [6.45, 7) is 1.08. The summed E-state index contributed by atoms with van der Waals surface area (Å²) < 4.78 is 11.6. The number of anilines is 1. The predicted molar refractivity (Wildman–Crippen MR) is 109 cm³/mol. The van der Waals surface area contributed by atoms with E-state index >= 15 is 0 Å². The number of hydrogen-bond acceptors (Lipinski definition) is 5. The first-order valence-electron chi connectivity index (χ1n) is 9.76. The molecule has 27 heavy (non-hydrogen) atoms. The summed E-state index contributed by atoms with van der Waals surface area (Å²) in [6.07, 6.45) is 6.29. The van der Waals surface area contributed by atoms with Crippen LogP contribution in [0.25, 0.3) is 10.9 Å². The highest BCUT2D eigenvalue weighted by molar-refractivity contribution is 6.00. The smallest absolute Gasteiger partial charge is 0.354 e. The van der Waals surface area contributed by atoms with E-state index in [0.717, 1.165) is 35.2 Å². The Kier molecular flexibility index (Phi) is 6.26. The summed E-state index contributed by atoms with van der Waals surface area (Å²) in [5.74, 6) is 0.528. The second kappa shape index (κ2) is 8.65. The van der Waals surface area contributed by atoms with Gasteiger partial charge in [-0.1, -0.05) is 6.42 Å². The van der Waals surface area contributed by atoms with E-state index in [0.29, 0.717) is 18.8 Å². The van der Waals surface area contributed by atoms with Crippen LogP contribution >= 0.6 is 0 Å². The Morgan fingerprint density at radius 2 is 1.85 bits per heavy atom. The maximum Gasteiger partial charge on any atom is 0.354 e. The molecule has 2 aromatic rings. The number of nitrogens with zero attached hydrogens (tertiary/aromatic N) is 2. The van der Waals surface area contributed by atoms with Gasteiger partial charge in [-0.15, -0.1) is 0 Å². The van der Waals surface area contributed by atoms with Crippen LogP contribution in [0.5, 0.6) is 5.75 Å². The van der Waals surface area contributed by atoms with Crippen LogP contribution in [-0.4, -0.2) is 63.3 Å². The third-order valence-electron chi connectivity index (χ3n) is 5.02. The molecule has 148 valence electrons. The van der Waals surface area contributed by atoms with Gasteiger partial charge in [-0.25, -0.2) is 4.79 Å². The molecule has 0 spiro atoms. The Morgan fingerprint density at radius 3 is 2.52 bits per heavy atom. The first-order chi connectivity index (χ1) is 12.9. The van der Waals surface area contributed by atoms with Crippen LogP contribution in [0.3, 0.4) is 0 Å². The summed E-state index contributed by atoms with van der Waals surface area (Å²) in [5.41, 5.74) is 2.40. The van der Waals surface area contributed by atoms with Gasteiger partial charge in [0.15, 0.2) is 0 Å². The molecule has 6 nitrogen and oxygen atoms in total. The number of fused-ring (bicyclic) bond motifs is 1. The van der Waals surface area contributed by atoms with Gasteiger partial charge < -0.3 is 24.3 Å². The van der Waals surface area contributed by atoms with Crippen molar-refractivity contribution in [1.29, 1.82) is 0 Å². The van der Waals surface area contributed by atoms with Crippen molar-refractivity contribution < 1.29 is 14.3 Å². The molecule has 1 fully saturated rings. The van der Waals surface area contributed by atoms with Gasteiger partial charge in [0.05, 0.1) is 11.6 Å². The number of ether oxygens (including phenoxy) is 2.